The van der Waals surface area contributed by atoms with Crippen LogP contribution in [0, 0.1) is 23.7 Å². The third-order valence-corrected chi connectivity index (χ3v) is 12.6. The molecule has 2 unspecified atom stereocenters. The molecular formula is C40H72N4O11. The van der Waals surface area contributed by atoms with Crippen molar-refractivity contribution < 1.29 is 53.4 Å². The Morgan fingerprint density at radius 3 is 2.24 bits per heavy atom. The number of rotatable bonds is 7. The molecule has 318 valence electrons. The second-order valence-corrected chi connectivity index (χ2v) is 18.1. The van der Waals surface area contributed by atoms with Crippen LogP contribution in [0.15, 0.2) is 0 Å². The van der Waals surface area contributed by atoms with E-state index < -0.39 is 78.2 Å². The van der Waals surface area contributed by atoms with Crippen molar-refractivity contribution in [3.05, 3.63) is 0 Å². The zero-order chi connectivity index (χ0) is 41.3. The minimum absolute atomic E-state index is 0.149. The van der Waals surface area contributed by atoms with Crippen LogP contribution in [-0.2, 0) is 38.1 Å². The van der Waals surface area contributed by atoms with E-state index in [0.717, 1.165) is 0 Å². The zero-order valence-electron chi connectivity index (χ0n) is 35.6. The number of amides is 3. The standard InChI is InChI=1S/C40H72N4O11/c1-21(2)30-37(49)43(12)20-22(3)18-39(8,50)34(55-38-31(45)28(42(10)11)17-23(4)52-38)24(5)32(54-29-19-40(9,51-13)33(46)26(7)53-29)25(6)36(48)44-16-14-15-27(44)35(47)41-30/h21-34,38,45-46,50H,14-20H2,1-13H3,(H,41,47)/t22-,23-,24+,25-,26+,27?,28+,29+,30?,31-,32+,33+,34-,38+,39-,40-/m1/s1. The number of hydrogen-bond donors (Lipinski definition) is 4. The molecule has 55 heavy (non-hydrogen) atoms. The normalized spacial score (nSPS) is 44.6. The number of carbonyl (C=O) groups is 3. The van der Waals surface area contributed by atoms with E-state index in [0.29, 0.717) is 25.8 Å². The lowest BCUT2D eigenvalue weighted by atomic mass is 9.77. The summed E-state index contributed by atoms with van der Waals surface area (Å²) in [5.41, 5.74) is -2.61. The Balaban J connectivity index is 1.84. The van der Waals surface area contributed by atoms with Gasteiger partial charge in [0.2, 0.25) is 17.7 Å². The van der Waals surface area contributed by atoms with Crippen LogP contribution in [0.4, 0.5) is 0 Å². The van der Waals surface area contributed by atoms with Crippen LogP contribution in [0.25, 0.3) is 0 Å². The molecule has 4 aliphatic heterocycles. The number of aliphatic hydroxyl groups excluding tert-OH is 2. The average molecular weight is 785 g/mol. The van der Waals surface area contributed by atoms with Crippen molar-refractivity contribution in [1.82, 2.24) is 20.0 Å². The fraction of sp³-hybridized carbons (Fsp3) is 0.925. The third kappa shape index (κ3) is 10.2. The minimum atomic E-state index is -1.60. The summed E-state index contributed by atoms with van der Waals surface area (Å²) in [4.78, 5) is 47.6. The maximum absolute atomic E-state index is 14.7. The monoisotopic (exact) mass is 785 g/mol. The molecule has 4 rings (SSSR count). The highest BCUT2D eigenvalue weighted by molar-refractivity contribution is 5.93. The van der Waals surface area contributed by atoms with E-state index in [9.17, 15) is 29.7 Å². The van der Waals surface area contributed by atoms with Gasteiger partial charge in [0, 0.05) is 45.6 Å². The molecule has 4 N–H and O–H groups in total. The number of nitrogens with one attached hydrogen (secondary N) is 1. The van der Waals surface area contributed by atoms with Gasteiger partial charge in [0.05, 0.1) is 41.5 Å². The highest BCUT2D eigenvalue weighted by Crippen LogP contribution is 2.40. The van der Waals surface area contributed by atoms with Crippen molar-refractivity contribution in [3.8, 4) is 0 Å². The van der Waals surface area contributed by atoms with E-state index in [1.165, 1.54) is 7.11 Å². The summed E-state index contributed by atoms with van der Waals surface area (Å²) in [5.74, 6) is -3.05. The van der Waals surface area contributed by atoms with E-state index in [2.05, 4.69) is 5.32 Å². The summed E-state index contributed by atoms with van der Waals surface area (Å²) in [7, 11) is 6.98. The molecule has 4 saturated heterocycles. The first-order valence-corrected chi connectivity index (χ1v) is 20.3. The van der Waals surface area contributed by atoms with Crippen molar-refractivity contribution in [2.45, 2.75) is 173 Å². The van der Waals surface area contributed by atoms with Gasteiger partial charge in [-0.15, -0.1) is 0 Å². The molecule has 3 amide bonds. The van der Waals surface area contributed by atoms with Crippen molar-refractivity contribution >= 4 is 17.7 Å². The van der Waals surface area contributed by atoms with Gasteiger partial charge in [-0.05, 0) is 79.3 Å². The predicted octanol–water partition coefficient (Wildman–Crippen LogP) is 1.74. The van der Waals surface area contributed by atoms with Gasteiger partial charge < -0.3 is 59.0 Å². The predicted molar refractivity (Wildman–Crippen MR) is 204 cm³/mol. The molecule has 0 aromatic heterocycles. The number of methoxy groups -OCH3 is 1. The summed E-state index contributed by atoms with van der Waals surface area (Å²) in [6.07, 6.45) is -5.06. The molecule has 0 bridgehead atoms. The van der Waals surface area contributed by atoms with Gasteiger partial charge in [0.15, 0.2) is 12.6 Å². The lowest BCUT2D eigenvalue weighted by Crippen LogP contribution is -2.61. The van der Waals surface area contributed by atoms with Crippen LogP contribution in [0.1, 0.15) is 94.4 Å². The number of fused-ring (bicyclic) bond motifs is 1. The summed E-state index contributed by atoms with van der Waals surface area (Å²) in [5, 5.41) is 38.2. The lowest BCUT2D eigenvalue weighted by Gasteiger charge is -2.49. The van der Waals surface area contributed by atoms with Crippen LogP contribution in [-0.4, -0.2) is 168 Å². The molecule has 0 aromatic carbocycles. The fourth-order valence-corrected chi connectivity index (χ4v) is 9.42. The number of likely N-dealkylation sites (N-methyl/N-ethyl adjacent to an activating group) is 2. The number of hydrogen-bond acceptors (Lipinski definition) is 12. The summed E-state index contributed by atoms with van der Waals surface area (Å²) in [6, 6.07) is -1.89. The number of aliphatic hydroxyl groups is 3. The van der Waals surface area contributed by atoms with E-state index in [1.54, 1.807) is 44.5 Å². The third-order valence-electron chi connectivity index (χ3n) is 12.6. The van der Waals surface area contributed by atoms with Gasteiger partial charge in [0.1, 0.15) is 24.3 Å². The number of nitrogens with zero attached hydrogens (tertiary/aromatic N) is 3. The molecular weight excluding hydrogens is 712 g/mol. The minimum Gasteiger partial charge on any atom is -0.387 e. The zero-order valence-corrected chi connectivity index (χ0v) is 35.6. The Bertz CT molecular complexity index is 1320. The van der Waals surface area contributed by atoms with E-state index in [4.69, 9.17) is 23.7 Å². The number of ether oxygens (including phenoxy) is 5. The molecule has 15 nitrogen and oxygen atoms in total. The molecule has 0 spiro atoms. The van der Waals surface area contributed by atoms with Crippen LogP contribution in [0.3, 0.4) is 0 Å². The largest absolute Gasteiger partial charge is 0.387 e. The Morgan fingerprint density at radius 1 is 0.982 bits per heavy atom. The summed E-state index contributed by atoms with van der Waals surface area (Å²) >= 11 is 0. The first-order chi connectivity index (χ1) is 25.5. The van der Waals surface area contributed by atoms with Gasteiger partial charge in [-0.1, -0.05) is 34.6 Å². The van der Waals surface area contributed by atoms with E-state index in [1.807, 2.05) is 53.6 Å². The van der Waals surface area contributed by atoms with Gasteiger partial charge in [0.25, 0.3) is 0 Å². The maximum Gasteiger partial charge on any atom is 0.245 e. The van der Waals surface area contributed by atoms with Crippen LogP contribution >= 0.6 is 0 Å². The smallest absolute Gasteiger partial charge is 0.245 e. The molecule has 16 atom stereocenters. The van der Waals surface area contributed by atoms with Gasteiger partial charge >= 0.3 is 0 Å². The van der Waals surface area contributed by atoms with Crippen LogP contribution in [0.5, 0.6) is 0 Å². The summed E-state index contributed by atoms with van der Waals surface area (Å²) in [6.45, 7) is 17.0. The van der Waals surface area contributed by atoms with E-state index in [-0.39, 0.29) is 61.1 Å². The van der Waals surface area contributed by atoms with Crippen molar-refractivity contribution in [1.29, 1.82) is 0 Å². The van der Waals surface area contributed by atoms with Crippen molar-refractivity contribution in [2.75, 3.05) is 41.3 Å². The molecule has 4 aliphatic rings. The van der Waals surface area contributed by atoms with Crippen LogP contribution in [0.2, 0.25) is 0 Å². The Kier molecular flexibility index (Phi) is 15.2. The van der Waals surface area contributed by atoms with Crippen LogP contribution < -0.4 is 5.32 Å². The van der Waals surface area contributed by atoms with Gasteiger partial charge in [-0.25, -0.2) is 0 Å². The molecule has 15 heteroatoms. The Morgan fingerprint density at radius 2 is 1.64 bits per heavy atom. The van der Waals surface area contributed by atoms with E-state index >= 15 is 0 Å². The highest BCUT2D eigenvalue weighted by Gasteiger charge is 2.52. The SMILES string of the molecule is CO[C@]1(C)C[C@H](O[C@H]2[C@H](C)[C@@H](O[C@@H]3O[C@H](C)C[C@H](N(C)C)[C@H]3O)[C@](C)(O)C[C@@H](C)CN(C)C(=O)C(C(C)C)NC(=O)C3CCCN3C(=O)[C@@H]2C)O[C@@H](C)[C@@H]1O. The average Bonchev–Trinajstić information content (AvgIpc) is 3.60. The Hall–Kier alpha value is -1.95. The quantitative estimate of drug-likeness (QED) is 0.295. The molecule has 4 heterocycles. The van der Waals surface area contributed by atoms with Gasteiger partial charge in [-0.2, -0.15) is 0 Å². The first kappa shape index (κ1) is 45.7. The topological polar surface area (TPSA) is 180 Å². The molecule has 4 fully saturated rings. The second kappa shape index (κ2) is 18.3. The second-order valence-electron chi connectivity index (χ2n) is 18.1. The van der Waals surface area contributed by atoms with Crippen molar-refractivity contribution in [3.63, 3.8) is 0 Å². The van der Waals surface area contributed by atoms with Crippen molar-refractivity contribution in [2.24, 2.45) is 23.7 Å². The molecule has 0 aromatic rings. The molecule has 0 aliphatic carbocycles. The fourth-order valence-electron chi connectivity index (χ4n) is 9.42. The van der Waals surface area contributed by atoms with Gasteiger partial charge in [-0.3, -0.25) is 14.4 Å². The highest BCUT2D eigenvalue weighted by atomic mass is 16.7. The Labute approximate surface area is 328 Å². The molecule has 0 radical (unpaired) electrons. The number of carbonyl (C=O) groups excluding carboxylic acids is 3. The first-order valence-electron chi connectivity index (χ1n) is 20.3. The lowest BCUT2D eigenvalue weighted by molar-refractivity contribution is -0.317. The summed E-state index contributed by atoms with van der Waals surface area (Å²) < 4.78 is 31.8. The maximum atomic E-state index is 14.7. The molecule has 0 saturated carbocycles.